The zero-order valence-electron chi connectivity index (χ0n) is 14.1. The maximum Gasteiger partial charge on any atom is 0.345 e. The second kappa shape index (κ2) is 9.67. The Morgan fingerprint density at radius 1 is 0.966 bits per heavy atom. The molecule has 29 heavy (non-hydrogen) atoms. The van der Waals surface area contributed by atoms with Gasteiger partial charge in [-0.2, -0.15) is 0 Å². The Bertz CT molecular complexity index is 1020. The summed E-state index contributed by atoms with van der Waals surface area (Å²) in [5.74, 6) is -7.93. The van der Waals surface area contributed by atoms with Crippen molar-refractivity contribution in [3.05, 3.63) is 51.2 Å². The largest absolute Gasteiger partial charge is 0.871 e. The first kappa shape index (κ1) is 24.0. The molecule has 2 aromatic rings. The van der Waals surface area contributed by atoms with E-state index in [1.165, 1.54) is 6.92 Å². The zero-order chi connectivity index (χ0) is 22.0. The highest BCUT2D eigenvalue weighted by atomic mass is 127. The van der Waals surface area contributed by atoms with E-state index in [4.69, 9.17) is 14.6 Å². The number of carbonyl (C=O) groups excluding carboxylic acids is 2. The predicted molar refractivity (Wildman–Crippen MR) is 118 cm³/mol. The van der Waals surface area contributed by atoms with E-state index in [0.29, 0.717) is 12.1 Å². The minimum atomic E-state index is -1.83. The molecule has 0 aromatic heterocycles. The summed E-state index contributed by atoms with van der Waals surface area (Å²) < 4.78 is 37.7. The fourth-order valence-electron chi connectivity index (χ4n) is 2.20. The number of rotatable bonds is 5. The molecule has 0 saturated carbocycles. The maximum absolute atomic E-state index is 13.9. The molecule has 0 aliphatic heterocycles. The summed E-state index contributed by atoms with van der Waals surface area (Å²) in [5.41, 5.74) is -1.83. The van der Waals surface area contributed by atoms with Gasteiger partial charge in [-0.1, -0.05) is 5.75 Å². The lowest BCUT2D eigenvalue weighted by Gasteiger charge is -2.20. The van der Waals surface area contributed by atoms with Gasteiger partial charge in [0.15, 0.2) is 0 Å². The molecule has 0 unspecified atom stereocenters. The van der Waals surface area contributed by atoms with Gasteiger partial charge < -0.3 is 19.7 Å². The second-order valence-electron chi connectivity index (χ2n) is 5.20. The summed E-state index contributed by atoms with van der Waals surface area (Å²) in [4.78, 5) is 35.9. The molecule has 2 aromatic carbocycles. The summed E-state index contributed by atoms with van der Waals surface area (Å²) in [7, 11) is 0. The molecular weight excluding hydrogens is 735 g/mol. The molecule has 7 nitrogen and oxygen atoms in total. The van der Waals surface area contributed by atoms with Gasteiger partial charge in [-0.25, -0.2) is 23.2 Å². The Morgan fingerprint density at radius 2 is 1.48 bits per heavy atom. The van der Waals surface area contributed by atoms with Gasteiger partial charge in [0.2, 0.25) is 0 Å². The average molecular weight is 743 g/mol. The lowest BCUT2D eigenvalue weighted by atomic mass is 10.1. The molecule has 0 aliphatic rings. The number of aromatic carboxylic acids is 1. The molecule has 0 radical (unpaired) electrons. The maximum atomic E-state index is 13.9. The van der Waals surface area contributed by atoms with Gasteiger partial charge in [-0.3, -0.25) is 0 Å². The molecule has 0 fully saturated rings. The van der Waals surface area contributed by atoms with Crippen molar-refractivity contribution < 1.29 is 42.9 Å². The first-order valence-electron chi connectivity index (χ1n) is 7.50. The van der Waals surface area contributed by atoms with Crippen LogP contribution in [0.2, 0.25) is 0 Å². The molecule has 12 heteroatoms. The van der Waals surface area contributed by atoms with Crippen LogP contribution in [0.1, 0.15) is 38.0 Å². The third kappa shape index (κ3) is 4.89. The number of halogens is 5. The summed E-state index contributed by atoms with van der Waals surface area (Å²) in [6.07, 6.45) is 0. The number of hydrogen-bond acceptors (Lipinski definition) is 6. The predicted octanol–water partition coefficient (Wildman–Crippen LogP) is 3.95. The summed E-state index contributed by atoms with van der Waals surface area (Å²) >= 11 is 4.97. The highest BCUT2D eigenvalue weighted by Gasteiger charge is 2.29. The summed E-state index contributed by atoms with van der Waals surface area (Å²) in [5, 5.41) is 21.1. The van der Waals surface area contributed by atoms with E-state index in [-0.39, 0.29) is 28.4 Å². The van der Waals surface area contributed by atoms with Gasteiger partial charge in [0, 0.05) is 22.8 Å². The second-order valence-corrected chi connectivity index (χ2v) is 8.43. The lowest BCUT2D eigenvalue weighted by molar-refractivity contribution is -0.271. The van der Waals surface area contributed by atoms with Gasteiger partial charge in [0.1, 0.15) is 22.9 Å². The average Bonchev–Trinajstić information content (AvgIpc) is 2.61. The number of carboxylic acids is 1. The first-order valence-corrected chi connectivity index (χ1v) is 10.7. The van der Waals surface area contributed by atoms with Crippen molar-refractivity contribution in [1.82, 2.24) is 0 Å². The standard InChI is InChI=1S/C17H9F2I3O7/c1-2-28-16(26)10-9(11(20)13(22)14(23)12(10)21)17(27)29-5-3-6(18)8(15(24)25)7(19)4-5/h3-4,23H,2H2,1H3,(H,24,25)/p-1. The first-order chi connectivity index (χ1) is 13.5. The van der Waals surface area contributed by atoms with Crippen molar-refractivity contribution in [2.75, 3.05) is 6.61 Å². The third-order valence-corrected chi connectivity index (χ3v) is 7.57. The van der Waals surface area contributed by atoms with Gasteiger partial charge in [-0.15, -0.1) is 0 Å². The van der Waals surface area contributed by atoms with Crippen molar-refractivity contribution in [3.8, 4) is 11.5 Å². The quantitative estimate of drug-likeness (QED) is 0.214. The van der Waals surface area contributed by atoms with Crippen LogP contribution in [0.5, 0.6) is 11.5 Å². The number of carboxylic acid groups (broad SMARTS) is 1. The number of benzene rings is 2. The van der Waals surface area contributed by atoms with Crippen LogP contribution < -0.4 is 9.84 Å². The molecular formula is C17H8F2I3O7-. The highest BCUT2D eigenvalue weighted by molar-refractivity contribution is 14.1. The third-order valence-electron chi connectivity index (χ3n) is 3.40. The van der Waals surface area contributed by atoms with Crippen LogP contribution in [0, 0.1) is 22.3 Å². The minimum absolute atomic E-state index is 0.0206. The lowest BCUT2D eigenvalue weighted by Crippen LogP contribution is -2.21. The van der Waals surface area contributed by atoms with Crippen LogP contribution in [0.4, 0.5) is 8.78 Å². The number of carbonyl (C=O) groups is 3. The zero-order valence-corrected chi connectivity index (χ0v) is 20.6. The molecule has 0 aliphatic carbocycles. The van der Waals surface area contributed by atoms with Crippen LogP contribution in [-0.2, 0) is 4.74 Å². The van der Waals surface area contributed by atoms with Crippen LogP contribution in [0.25, 0.3) is 0 Å². The van der Waals surface area contributed by atoms with Crippen LogP contribution in [0.15, 0.2) is 12.1 Å². The molecule has 2 rings (SSSR count). The molecule has 1 N–H and O–H groups in total. The Kier molecular flexibility index (Phi) is 8.00. The van der Waals surface area contributed by atoms with Gasteiger partial charge in [-0.05, 0) is 74.7 Å². The van der Waals surface area contributed by atoms with E-state index in [2.05, 4.69) is 0 Å². The minimum Gasteiger partial charge on any atom is -0.871 e. The van der Waals surface area contributed by atoms with Gasteiger partial charge in [0.05, 0.1) is 17.7 Å². The van der Waals surface area contributed by atoms with E-state index < -0.39 is 46.6 Å². The van der Waals surface area contributed by atoms with E-state index in [0.717, 1.165) is 0 Å². The van der Waals surface area contributed by atoms with Gasteiger partial charge in [0.25, 0.3) is 0 Å². The van der Waals surface area contributed by atoms with Crippen molar-refractivity contribution in [1.29, 1.82) is 0 Å². The molecule has 154 valence electrons. The van der Waals surface area contributed by atoms with Gasteiger partial charge >= 0.3 is 17.9 Å². The van der Waals surface area contributed by atoms with E-state index in [1.54, 1.807) is 67.8 Å². The fraction of sp³-hybridized carbons (Fsp3) is 0.118. The molecule has 0 atom stereocenters. The Labute approximate surface area is 203 Å². The Balaban J connectivity index is 2.59. The summed E-state index contributed by atoms with van der Waals surface area (Å²) in [6, 6.07) is 1.05. The number of esters is 2. The van der Waals surface area contributed by atoms with Crippen LogP contribution in [-0.4, -0.2) is 29.6 Å². The normalized spacial score (nSPS) is 10.6. The fourth-order valence-corrected chi connectivity index (χ4v) is 4.75. The molecule has 0 bridgehead atoms. The van der Waals surface area contributed by atoms with Crippen LogP contribution >= 0.6 is 67.8 Å². The summed E-state index contributed by atoms with van der Waals surface area (Å²) in [6.45, 7) is 1.52. The smallest absolute Gasteiger partial charge is 0.345 e. The molecule has 0 saturated heterocycles. The Hall–Kier alpha value is -1.30. The van der Waals surface area contributed by atoms with E-state index >= 15 is 0 Å². The number of ether oxygens (including phenoxy) is 2. The number of hydrogen-bond donors (Lipinski definition) is 1. The van der Waals surface area contributed by atoms with Crippen molar-refractivity contribution in [2.45, 2.75) is 6.92 Å². The Morgan fingerprint density at radius 3 is 1.97 bits per heavy atom. The van der Waals surface area contributed by atoms with Crippen LogP contribution in [0.3, 0.4) is 0 Å². The molecule has 0 heterocycles. The topological polar surface area (TPSA) is 113 Å². The van der Waals surface area contributed by atoms with Crippen molar-refractivity contribution in [3.63, 3.8) is 0 Å². The SMILES string of the molecule is CCOC(=O)c1c(I)c([O-])c(I)c(I)c1C(=O)Oc1cc(F)c(C(=O)O)c(F)c1. The van der Waals surface area contributed by atoms with E-state index in [9.17, 15) is 28.3 Å². The molecule has 0 spiro atoms. The highest BCUT2D eigenvalue weighted by Crippen LogP contribution is 2.36. The molecule has 0 amide bonds. The van der Waals surface area contributed by atoms with Crippen molar-refractivity contribution >= 4 is 85.7 Å². The van der Waals surface area contributed by atoms with Crippen molar-refractivity contribution in [2.24, 2.45) is 0 Å². The monoisotopic (exact) mass is 743 g/mol. The van der Waals surface area contributed by atoms with E-state index in [1.807, 2.05) is 0 Å².